The first-order chi connectivity index (χ1) is 15.3. The highest BCUT2D eigenvalue weighted by atomic mass is 19.1. The van der Waals surface area contributed by atoms with Crippen molar-refractivity contribution in [3.05, 3.63) is 88.2 Å². The molecule has 4 rings (SSSR count). The first kappa shape index (κ1) is 21.4. The van der Waals surface area contributed by atoms with Crippen molar-refractivity contribution >= 4 is 17.2 Å². The molecule has 32 heavy (non-hydrogen) atoms. The Morgan fingerprint density at radius 1 is 1.12 bits per heavy atom. The number of halogens is 2. The zero-order valence-corrected chi connectivity index (χ0v) is 17.5. The van der Waals surface area contributed by atoms with E-state index in [-0.39, 0.29) is 29.7 Å². The molecule has 164 valence electrons. The zero-order chi connectivity index (χ0) is 22.8. The van der Waals surface area contributed by atoms with Crippen LogP contribution in [0.5, 0.6) is 0 Å². The number of rotatable bonds is 6. The van der Waals surface area contributed by atoms with Crippen molar-refractivity contribution in [3.63, 3.8) is 0 Å². The molecule has 0 spiro atoms. The van der Waals surface area contributed by atoms with Crippen molar-refractivity contribution in [1.82, 2.24) is 19.2 Å². The average molecular weight is 437 g/mol. The SMILES string of the molecule is Cc1ccc(NC(=O)C[C@H](C)Cc2nnc3c(=O)n(-c4cccc(F)c4)ccn23)cc1F. The molecule has 0 fully saturated rings. The number of fused-ring (bicyclic) bond motifs is 1. The summed E-state index contributed by atoms with van der Waals surface area (Å²) >= 11 is 0. The van der Waals surface area contributed by atoms with Gasteiger partial charge in [0.1, 0.15) is 17.5 Å². The number of anilines is 1. The summed E-state index contributed by atoms with van der Waals surface area (Å²) in [5.41, 5.74) is 0.976. The number of hydrogen-bond acceptors (Lipinski definition) is 4. The molecule has 0 bridgehead atoms. The van der Waals surface area contributed by atoms with Crippen LogP contribution >= 0.6 is 0 Å². The normalized spacial score (nSPS) is 12.1. The van der Waals surface area contributed by atoms with E-state index in [2.05, 4.69) is 15.5 Å². The molecule has 0 radical (unpaired) electrons. The topological polar surface area (TPSA) is 81.3 Å². The van der Waals surface area contributed by atoms with Crippen LogP contribution in [0.25, 0.3) is 11.3 Å². The number of amides is 1. The van der Waals surface area contributed by atoms with E-state index >= 15 is 0 Å². The molecule has 0 aliphatic heterocycles. The number of carbonyl (C=O) groups is 1. The third-order valence-electron chi connectivity index (χ3n) is 5.15. The Morgan fingerprint density at radius 2 is 1.94 bits per heavy atom. The van der Waals surface area contributed by atoms with Gasteiger partial charge in [0.2, 0.25) is 11.6 Å². The first-order valence-electron chi connectivity index (χ1n) is 10.1. The number of nitrogens with one attached hydrogen (secondary N) is 1. The summed E-state index contributed by atoms with van der Waals surface area (Å²) in [6.45, 7) is 3.53. The second-order valence-electron chi connectivity index (χ2n) is 7.79. The van der Waals surface area contributed by atoms with E-state index in [0.717, 1.165) is 0 Å². The van der Waals surface area contributed by atoms with E-state index in [4.69, 9.17) is 0 Å². The lowest BCUT2D eigenvalue weighted by Gasteiger charge is -2.11. The quantitative estimate of drug-likeness (QED) is 0.499. The van der Waals surface area contributed by atoms with Gasteiger partial charge in [0, 0.05) is 30.9 Å². The van der Waals surface area contributed by atoms with Crippen LogP contribution in [0.3, 0.4) is 0 Å². The number of hydrogen-bond donors (Lipinski definition) is 1. The molecule has 1 atom stereocenters. The van der Waals surface area contributed by atoms with Gasteiger partial charge in [0.15, 0.2) is 0 Å². The van der Waals surface area contributed by atoms with Gasteiger partial charge in [-0.3, -0.25) is 18.6 Å². The minimum absolute atomic E-state index is 0.108. The van der Waals surface area contributed by atoms with Crippen LogP contribution in [0.2, 0.25) is 0 Å². The lowest BCUT2D eigenvalue weighted by atomic mass is 10.0. The van der Waals surface area contributed by atoms with Crippen LogP contribution < -0.4 is 10.9 Å². The maximum atomic E-state index is 13.7. The number of nitrogens with zero attached hydrogens (tertiary/aromatic N) is 4. The first-order valence-corrected chi connectivity index (χ1v) is 10.1. The lowest BCUT2D eigenvalue weighted by molar-refractivity contribution is -0.116. The summed E-state index contributed by atoms with van der Waals surface area (Å²) in [6, 6.07) is 10.2. The van der Waals surface area contributed by atoms with Crippen molar-refractivity contribution in [2.45, 2.75) is 26.7 Å². The van der Waals surface area contributed by atoms with Gasteiger partial charge in [0.25, 0.3) is 0 Å². The van der Waals surface area contributed by atoms with Crippen molar-refractivity contribution in [2.75, 3.05) is 5.32 Å². The van der Waals surface area contributed by atoms with E-state index in [1.807, 2.05) is 6.92 Å². The molecule has 0 unspecified atom stereocenters. The van der Waals surface area contributed by atoms with Gasteiger partial charge in [-0.15, -0.1) is 10.2 Å². The summed E-state index contributed by atoms with van der Waals surface area (Å²) in [4.78, 5) is 25.1. The minimum atomic E-state index is -0.447. The van der Waals surface area contributed by atoms with E-state index in [1.54, 1.807) is 35.7 Å². The van der Waals surface area contributed by atoms with Crippen LogP contribution in [-0.4, -0.2) is 25.1 Å². The Labute approximate surface area is 182 Å². The van der Waals surface area contributed by atoms with Crippen LogP contribution in [0.4, 0.5) is 14.5 Å². The molecule has 2 aromatic heterocycles. The molecule has 0 aliphatic rings. The molecule has 1 N–H and O–H groups in total. The third-order valence-corrected chi connectivity index (χ3v) is 5.15. The Hall–Kier alpha value is -3.88. The minimum Gasteiger partial charge on any atom is -0.326 e. The Bertz CT molecular complexity index is 1360. The molecule has 9 heteroatoms. The third kappa shape index (κ3) is 4.41. The Kier molecular flexibility index (Phi) is 5.81. The van der Waals surface area contributed by atoms with Gasteiger partial charge in [0.05, 0.1) is 5.69 Å². The highest BCUT2D eigenvalue weighted by molar-refractivity contribution is 5.90. The number of benzene rings is 2. The molecule has 0 saturated heterocycles. The standard InChI is InChI=1S/C23H21F2N5O2/c1-14(11-21(31)26-17-7-6-15(2)19(25)13-17)10-20-27-28-22-23(32)29(8-9-30(20)22)18-5-3-4-16(24)12-18/h3-9,12-14H,10-11H2,1-2H3,(H,26,31)/t14-/m1/s1. The fourth-order valence-electron chi connectivity index (χ4n) is 3.49. The van der Waals surface area contributed by atoms with Gasteiger partial charge in [-0.05, 0) is 48.7 Å². The molecule has 0 aliphatic carbocycles. The molecule has 0 saturated carbocycles. The van der Waals surface area contributed by atoms with Crippen LogP contribution in [0, 0.1) is 24.5 Å². The van der Waals surface area contributed by atoms with E-state index < -0.39 is 11.4 Å². The van der Waals surface area contributed by atoms with Crippen LogP contribution in [0.15, 0.2) is 59.7 Å². The maximum Gasteiger partial charge on any atom is 0.300 e. The zero-order valence-electron chi connectivity index (χ0n) is 17.5. The second-order valence-corrected chi connectivity index (χ2v) is 7.79. The van der Waals surface area contributed by atoms with E-state index in [9.17, 15) is 18.4 Å². The van der Waals surface area contributed by atoms with Crippen molar-refractivity contribution in [3.8, 4) is 5.69 Å². The molecule has 2 heterocycles. The maximum absolute atomic E-state index is 13.7. The predicted octanol–water partition coefficient (Wildman–Crippen LogP) is 3.67. The number of aryl methyl sites for hydroxylation is 1. The summed E-state index contributed by atoms with van der Waals surface area (Å²) < 4.78 is 30.1. The van der Waals surface area contributed by atoms with E-state index in [0.29, 0.717) is 29.2 Å². The molecular formula is C23H21F2N5O2. The van der Waals surface area contributed by atoms with Gasteiger partial charge < -0.3 is 5.32 Å². The van der Waals surface area contributed by atoms with Crippen molar-refractivity contribution in [1.29, 1.82) is 0 Å². The summed E-state index contributed by atoms with van der Waals surface area (Å²) in [5.74, 6) is -0.650. The largest absolute Gasteiger partial charge is 0.326 e. The number of aromatic nitrogens is 4. The summed E-state index contributed by atoms with van der Waals surface area (Å²) in [6.07, 6.45) is 3.75. The molecule has 7 nitrogen and oxygen atoms in total. The summed E-state index contributed by atoms with van der Waals surface area (Å²) in [7, 11) is 0. The van der Waals surface area contributed by atoms with E-state index in [1.165, 1.54) is 35.0 Å². The highest BCUT2D eigenvalue weighted by Crippen LogP contribution is 2.16. The second kappa shape index (κ2) is 8.70. The van der Waals surface area contributed by atoms with Crippen molar-refractivity contribution < 1.29 is 13.6 Å². The van der Waals surface area contributed by atoms with Gasteiger partial charge in [-0.1, -0.05) is 19.1 Å². The fourth-order valence-corrected chi connectivity index (χ4v) is 3.49. The number of carbonyl (C=O) groups excluding carboxylic acids is 1. The van der Waals surface area contributed by atoms with Crippen LogP contribution in [-0.2, 0) is 11.2 Å². The van der Waals surface area contributed by atoms with Crippen LogP contribution in [0.1, 0.15) is 24.7 Å². The monoisotopic (exact) mass is 437 g/mol. The highest BCUT2D eigenvalue weighted by Gasteiger charge is 2.17. The predicted molar refractivity (Wildman–Crippen MR) is 116 cm³/mol. The Balaban J connectivity index is 1.48. The smallest absolute Gasteiger partial charge is 0.300 e. The fraction of sp³-hybridized carbons (Fsp3) is 0.217. The lowest BCUT2D eigenvalue weighted by Crippen LogP contribution is -2.21. The molecule has 2 aromatic carbocycles. The van der Waals surface area contributed by atoms with Crippen molar-refractivity contribution in [2.24, 2.45) is 5.92 Å². The molecule has 4 aromatic rings. The summed E-state index contributed by atoms with van der Waals surface area (Å²) in [5, 5.41) is 10.8. The molecule has 1 amide bonds. The Morgan fingerprint density at radius 3 is 2.69 bits per heavy atom. The van der Waals surface area contributed by atoms with Gasteiger partial charge in [-0.25, -0.2) is 8.78 Å². The van der Waals surface area contributed by atoms with Gasteiger partial charge in [-0.2, -0.15) is 0 Å². The van der Waals surface area contributed by atoms with Gasteiger partial charge >= 0.3 is 5.56 Å². The molecular weight excluding hydrogens is 416 g/mol. The average Bonchev–Trinajstić information content (AvgIpc) is 3.14.